The summed E-state index contributed by atoms with van der Waals surface area (Å²) in [5.74, 6) is 0.861. The van der Waals surface area contributed by atoms with Crippen LogP contribution in [0.25, 0.3) is 0 Å². The molecule has 100 valence electrons. The first-order valence-electron chi connectivity index (χ1n) is 7.16. The van der Waals surface area contributed by atoms with Gasteiger partial charge in [-0.3, -0.25) is 0 Å². The van der Waals surface area contributed by atoms with Crippen LogP contribution in [0.5, 0.6) is 0 Å². The summed E-state index contributed by atoms with van der Waals surface area (Å²) >= 11 is 0. The van der Waals surface area contributed by atoms with E-state index < -0.39 is 0 Å². The lowest BCUT2D eigenvalue weighted by atomic mass is 9.82. The lowest BCUT2D eigenvalue weighted by Crippen LogP contribution is -2.49. The van der Waals surface area contributed by atoms with Crippen molar-refractivity contribution >= 4 is 0 Å². The van der Waals surface area contributed by atoms with Crippen molar-refractivity contribution in [3.05, 3.63) is 0 Å². The Morgan fingerprint density at radius 3 is 2.82 bits per heavy atom. The van der Waals surface area contributed by atoms with Gasteiger partial charge in [-0.2, -0.15) is 0 Å². The molecule has 0 radical (unpaired) electrons. The van der Waals surface area contributed by atoms with Crippen LogP contribution in [0.15, 0.2) is 0 Å². The van der Waals surface area contributed by atoms with Crippen molar-refractivity contribution in [1.29, 1.82) is 0 Å². The zero-order valence-electron chi connectivity index (χ0n) is 11.3. The Morgan fingerprint density at radius 2 is 2.18 bits per heavy atom. The molecule has 0 aromatic rings. The van der Waals surface area contributed by atoms with Crippen LogP contribution in [0.4, 0.5) is 0 Å². The van der Waals surface area contributed by atoms with E-state index in [0.717, 1.165) is 32.1 Å². The summed E-state index contributed by atoms with van der Waals surface area (Å²) in [7, 11) is 1.81. The van der Waals surface area contributed by atoms with Gasteiger partial charge in [0.1, 0.15) is 5.60 Å². The third-order valence-corrected chi connectivity index (χ3v) is 4.62. The van der Waals surface area contributed by atoms with Gasteiger partial charge in [0.25, 0.3) is 0 Å². The molecule has 2 rings (SSSR count). The monoisotopic (exact) mass is 241 g/mol. The quantitative estimate of drug-likeness (QED) is 0.801. The second-order valence-electron chi connectivity index (χ2n) is 5.63. The van der Waals surface area contributed by atoms with Crippen LogP contribution < -0.4 is 5.32 Å². The molecule has 17 heavy (non-hydrogen) atoms. The maximum Gasteiger partial charge on any atom is 0.106 e. The molecule has 0 aromatic carbocycles. The first-order chi connectivity index (χ1) is 8.29. The second kappa shape index (κ2) is 6.17. The average molecular weight is 241 g/mol. The lowest BCUT2D eigenvalue weighted by Gasteiger charge is -2.35. The molecule has 0 bridgehead atoms. The van der Waals surface area contributed by atoms with Crippen molar-refractivity contribution < 1.29 is 9.47 Å². The number of nitrogens with one attached hydrogen (secondary N) is 1. The Hall–Kier alpha value is -0.120. The predicted molar refractivity (Wildman–Crippen MR) is 69.2 cm³/mol. The number of hydrogen-bond acceptors (Lipinski definition) is 3. The summed E-state index contributed by atoms with van der Waals surface area (Å²) in [6.45, 7) is 4.86. The number of rotatable bonds is 5. The van der Waals surface area contributed by atoms with Gasteiger partial charge >= 0.3 is 0 Å². The van der Waals surface area contributed by atoms with Gasteiger partial charge in [0.15, 0.2) is 0 Å². The van der Waals surface area contributed by atoms with Gasteiger partial charge < -0.3 is 14.8 Å². The fraction of sp³-hybridized carbons (Fsp3) is 1.00. The second-order valence-corrected chi connectivity index (χ2v) is 5.63. The molecule has 3 unspecified atom stereocenters. The van der Waals surface area contributed by atoms with Crippen LogP contribution in [-0.2, 0) is 9.47 Å². The van der Waals surface area contributed by atoms with Gasteiger partial charge in [-0.25, -0.2) is 0 Å². The van der Waals surface area contributed by atoms with Gasteiger partial charge in [0, 0.05) is 32.7 Å². The summed E-state index contributed by atoms with van der Waals surface area (Å²) in [6.07, 6.45) is 7.85. The van der Waals surface area contributed by atoms with E-state index in [2.05, 4.69) is 12.2 Å². The normalized spacial score (nSPS) is 38.5. The first-order valence-corrected chi connectivity index (χ1v) is 7.16. The fourth-order valence-corrected chi connectivity index (χ4v) is 3.24. The van der Waals surface area contributed by atoms with Crippen molar-refractivity contribution in [2.24, 2.45) is 5.92 Å². The molecule has 1 N–H and O–H groups in total. The van der Waals surface area contributed by atoms with Crippen LogP contribution in [-0.4, -0.2) is 38.5 Å². The Kier molecular flexibility index (Phi) is 4.83. The lowest BCUT2D eigenvalue weighted by molar-refractivity contribution is -0.0196. The largest absolute Gasteiger partial charge is 0.378 e. The van der Waals surface area contributed by atoms with E-state index in [9.17, 15) is 0 Å². The number of methoxy groups -OCH3 is 1. The minimum atomic E-state index is -0.0598. The molecule has 2 fully saturated rings. The van der Waals surface area contributed by atoms with Gasteiger partial charge in [0.05, 0.1) is 6.61 Å². The van der Waals surface area contributed by atoms with E-state index in [1.807, 2.05) is 7.11 Å². The van der Waals surface area contributed by atoms with Crippen molar-refractivity contribution in [2.45, 2.75) is 57.1 Å². The molecule has 1 saturated heterocycles. The summed E-state index contributed by atoms with van der Waals surface area (Å²) in [5, 5.41) is 3.75. The van der Waals surface area contributed by atoms with E-state index in [1.54, 1.807) is 0 Å². The SMILES string of the molecule is CCC1CCCCC1NCC1(OC)CCOC1. The smallest absolute Gasteiger partial charge is 0.106 e. The maximum absolute atomic E-state index is 5.67. The molecule has 1 heterocycles. The maximum atomic E-state index is 5.67. The Labute approximate surface area is 105 Å². The molecule has 0 aromatic heterocycles. The molecule has 3 nitrogen and oxygen atoms in total. The zero-order chi connectivity index (χ0) is 12.1. The molecule has 1 aliphatic heterocycles. The summed E-state index contributed by atoms with van der Waals surface area (Å²) in [4.78, 5) is 0. The Bertz CT molecular complexity index is 226. The predicted octanol–water partition coefficient (Wildman–Crippen LogP) is 2.35. The highest BCUT2D eigenvalue weighted by Gasteiger charge is 2.36. The molecule has 0 spiro atoms. The minimum absolute atomic E-state index is 0.0598. The van der Waals surface area contributed by atoms with E-state index in [4.69, 9.17) is 9.47 Å². The summed E-state index contributed by atoms with van der Waals surface area (Å²) in [5.41, 5.74) is -0.0598. The van der Waals surface area contributed by atoms with Crippen LogP contribution in [0.3, 0.4) is 0 Å². The average Bonchev–Trinajstić information content (AvgIpc) is 2.86. The molecular weight excluding hydrogens is 214 g/mol. The van der Waals surface area contributed by atoms with Gasteiger partial charge in [-0.15, -0.1) is 0 Å². The van der Waals surface area contributed by atoms with Gasteiger partial charge in [0.2, 0.25) is 0 Å². The van der Waals surface area contributed by atoms with E-state index in [0.29, 0.717) is 6.04 Å². The van der Waals surface area contributed by atoms with Crippen LogP contribution >= 0.6 is 0 Å². The standard InChI is InChI=1S/C14H27NO2/c1-3-12-6-4-5-7-13(12)15-10-14(16-2)8-9-17-11-14/h12-13,15H,3-11H2,1-2H3. The minimum Gasteiger partial charge on any atom is -0.378 e. The first kappa shape index (κ1) is 13.3. The van der Waals surface area contributed by atoms with Crippen molar-refractivity contribution in [2.75, 3.05) is 26.9 Å². The third-order valence-electron chi connectivity index (χ3n) is 4.62. The van der Waals surface area contributed by atoms with Crippen LogP contribution in [0.1, 0.15) is 45.4 Å². The Morgan fingerprint density at radius 1 is 1.35 bits per heavy atom. The van der Waals surface area contributed by atoms with E-state index in [-0.39, 0.29) is 5.60 Å². The molecule has 2 aliphatic rings. The molecule has 3 atom stereocenters. The zero-order valence-corrected chi connectivity index (χ0v) is 11.3. The topological polar surface area (TPSA) is 30.5 Å². The molecule has 1 aliphatic carbocycles. The van der Waals surface area contributed by atoms with Crippen LogP contribution in [0, 0.1) is 5.92 Å². The molecular formula is C14H27NO2. The van der Waals surface area contributed by atoms with Crippen LogP contribution in [0.2, 0.25) is 0 Å². The highest BCUT2D eigenvalue weighted by molar-refractivity contribution is 4.90. The van der Waals surface area contributed by atoms with Gasteiger partial charge in [-0.05, 0) is 18.8 Å². The molecule has 1 saturated carbocycles. The highest BCUT2D eigenvalue weighted by atomic mass is 16.5. The Balaban J connectivity index is 1.83. The third kappa shape index (κ3) is 3.21. The summed E-state index contributed by atoms with van der Waals surface area (Å²) in [6, 6.07) is 0.696. The fourth-order valence-electron chi connectivity index (χ4n) is 3.24. The summed E-state index contributed by atoms with van der Waals surface area (Å²) < 4.78 is 11.2. The van der Waals surface area contributed by atoms with Crippen molar-refractivity contribution in [3.63, 3.8) is 0 Å². The molecule has 0 amide bonds. The highest BCUT2D eigenvalue weighted by Crippen LogP contribution is 2.28. The van der Waals surface area contributed by atoms with Crippen molar-refractivity contribution in [1.82, 2.24) is 5.32 Å². The van der Waals surface area contributed by atoms with Gasteiger partial charge in [-0.1, -0.05) is 26.2 Å². The van der Waals surface area contributed by atoms with Crippen molar-refractivity contribution in [3.8, 4) is 0 Å². The van der Waals surface area contributed by atoms with E-state index in [1.165, 1.54) is 32.1 Å². The number of ether oxygens (including phenoxy) is 2. The number of hydrogen-bond donors (Lipinski definition) is 1. The van der Waals surface area contributed by atoms with E-state index >= 15 is 0 Å². The molecule has 3 heteroatoms.